The number of rotatable bonds is 3. The highest BCUT2D eigenvalue weighted by molar-refractivity contribution is 5.39. The molecule has 0 amide bonds. The number of aromatic nitrogens is 2. The predicted octanol–water partition coefficient (Wildman–Crippen LogP) is 1.07. The minimum atomic E-state index is -0.211. The average molecular weight is 215 g/mol. The molecule has 0 saturated heterocycles. The first-order valence-electron chi connectivity index (χ1n) is 4.67. The Bertz CT molecular complexity index is 577. The molecule has 1 aromatic heterocycles. The maximum absolute atomic E-state index is 11.4. The fourth-order valence-corrected chi connectivity index (χ4v) is 1.36. The summed E-state index contributed by atoms with van der Waals surface area (Å²) in [5, 5.41) is 8.39. The molecule has 0 aliphatic carbocycles. The number of hydrogen-bond donors (Lipinski definition) is 1. The van der Waals surface area contributed by atoms with Crippen molar-refractivity contribution in [2.24, 2.45) is 0 Å². The van der Waals surface area contributed by atoms with E-state index in [1.54, 1.807) is 36.7 Å². The van der Waals surface area contributed by atoms with Crippen LogP contribution >= 0.6 is 0 Å². The predicted molar refractivity (Wildman–Crippen MR) is 57.5 cm³/mol. The maximum Gasteiger partial charge on any atom is 0.330 e. The van der Waals surface area contributed by atoms with Crippen molar-refractivity contribution < 1.29 is 4.74 Å². The Morgan fingerprint density at radius 3 is 3.06 bits per heavy atom. The van der Waals surface area contributed by atoms with Crippen LogP contribution in [0.15, 0.2) is 41.5 Å². The zero-order valence-electron chi connectivity index (χ0n) is 8.38. The molecule has 16 heavy (non-hydrogen) atoms. The van der Waals surface area contributed by atoms with Gasteiger partial charge in [-0.05, 0) is 12.1 Å². The normalized spacial score (nSPS) is 9.69. The Morgan fingerprint density at radius 1 is 1.50 bits per heavy atom. The van der Waals surface area contributed by atoms with E-state index in [0.717, 1.165) is 0 Å². The fraction of sp³-hybridized carbons (Fsp3) is 0.0909. The third kappa shape index (κ3) is 1.96. The van der Waals surface area contributed by atoms with E-state index in [2.05, 4.69) is 4.98 Å². The van der Waals surface area contributed by atoms with Crippen molar-refractivity contribution in [3.63, 3.8) is 0 Å². The Balaban J connectivity index is 2.33. The van der Waals surface area contributed by atoms with Crippen LogP contribution in [0.4, 0.5) is 0 Å². The highest BCUT2D eigenvalue weighted by Gasteiger charge is 2.01. The van der Waals surface area contributed by atoms with Crippen LogP contribution in [0.25, 0.3) is 5.69 Å². The quantitative estimate of drug-likeness (QED) is 0.832. The number of ether oxygens (including phenoxy) is 1. The molecule has 0 aliphatic heterocycles. The second-order valence-corrected chi connectivity index (χ2v) is 3.08. The largest absolute Gasteiger partial charge is 0.479 e. The van der Waals surface area contributed by atoms with Gasteiger partial charge >= 0.3 is 5.69 Å². The molecule has 0 atom stereocenters. The fourth-order valence-electron chi connectivity index (χ4n) is 1.36. The Morgan fingerprint density at radius 2 is 2.38 bits per heavy atom. The van der Waals surface area contributed by atoms with E-state index in [4.69, 9.17) is 10.00 Å². The summed E-state index contributed by atoms with van der Waals surface area (Å²) < 4.78 is 6.60. The topological polar surface area (TPSA) is 70.8 Å². The van der Waals surface area contributed by atoms with E-state index in [0.29, 0.717) is 11.4 Å². The smallest absolute Gasteiger partial charge is 0.330 e. The summed E-state index contributed by atoms with van der Waals surface area (Å²) in [7, 11) is 0. The number of hydrogen-bond acceptors (Lipinski definition) is 3. The van der Waals surface area contributed by atoms with Crippen LogP contribution in [0.1, 0.15) is 0 Å². The number of nitrogens with zero attached hydrogens (tertiary/aromatic N) is 2. The van der Waals surface area contributed by atoms with E-state index in [9.17, 15) is 4.79 Å². The van der Waals surface area contributed by atoms with Crippen LogP contribution in [0.2, 0.25) is 0 Å². The van der Waals surface area contributed by atoms with E-state index in [-0.39, 0.29) is 12.3 Å². The summed E-state index contributed by atoms with van der Waals surface area (Å²) in [5.41, 5.74) is 0.485. The third-order valence-corrected chi connectivity index (χ3v) is 2.05. The molecule has 80 valence electrons. The number of imidazole rings is 1. The highest BCUT2D eigenvalue weighted by Crippen LogP contribution is 2.15. The van der Waals surface area contributed by atoms with E-state index >= 15 is 0 Å². The van der Waals surface area contributed by atoms with Gasteiger partial charge in [-0.2, -0.15) is 5.26 Å². The van der Waals surface area contributed by atoms with Gasteiger partial charge in [-0.1, -0.05) is 6.07 Å². The summed E-state index contributed by atoms with van der Waals surface area (Å²) >= 11 is 0. The SMILES string of the molecule is N#CCOc1cccc(-n2cc[nH]c2=O)c1. The lowest BCUT2D eigenvalue weighted by Crippen LogP contribution is -2.13. The van der Waals surface area contributed by atoms with Crippen LogP contribution in [-0.4, -0.2) is 16.2 Å². The third-order valence-electron chi connectivity index (χ3n) is 2.05. The van der Waals surface area contributed by atoms with Gasteiger partial charge in [-0.3, -0.25) is 4.57 Å². The van der Waals surface area contributed by atoms with Crippen molar-refractivity contribution in [1.29, 1.82) is 5.26 Å². The van der Waals surface area contributed by atoms with Crippen molar-refractivity contribution in [2.75, 3.05) is 6.61 Å². The molecule has 0 bridgehead atoms. The molecular weight excluding hydrogens is 206 g/mol. The van der Waals surface area contributed by atoms with Gasteiger partial charge < -0.3 is 9.72 Å². The van der Waals surface area contributed by atoms with Crippen LogP contribution in [0, 0.1) is 11.3 Å². The van der Waals surface area contributed by atoms with Gasteiger partial charge in [0.15, 0.2) is 6.61 Å². The molecule has 0 spiro atoms. The first kappa shape index (κ1) is 10.1. The minimum Gasteiger partial charge on any atom is -0.479 e. The molecule has 0 fully saturated rings. The van der Waals surface area contributed by atoms with Crippen LogP contribution in [-0.2, 0) is 0 Å². The van der Waals surface area contributed by atoms with Crippen molar-refractivity contribution in [3.8, 4) is 17.5 Å². The minimum absolute atomic E-state index is 0.00844. The van der Waals surface area contributed by atoms with Crippen molar-refractivity contribution >= 4 is 0 Å². The molecular formula is C11H9N3O2. The lowest BCUT2D eigenvalue weighted by Gasteiger charge is -2.04. The van der Waals surface area contributed by atoms with E-state index in [1.807, 2.05) is 6.07 Å². The van der Waals surface area contributed by atoms with Gasteiger partial charge in [0.1, 0.15) is 11.8 Å². The van der Waals surface area contributed by atoms with Crippen LogP contribution in [0.5, 0.6) is 5.75 Å². The number of nitriles is 1. The number of aromatic amines is 1. The maximum atomic E-state index is 11.4. The molecule has 0 aliphatic rings. The summed E-state index contributed by atoms with van der Waals surface area (Å²) in [4.78, 5) is 13.9. The lowest BCUT2D eigenvalue weighted by molar-refractivity contribution is 0.368. The van der Waals surface area contributed by atoms with Crippen molar-refractivity contribution in [2.45, 2.75) is 0 Å². The Labute approximate surface area is 91.5 Å². The molecule has 2 rings (SSSR count). The van der Waals surface area contributed by atoms with Gasteiger partial charge in [-0.25, -0.2) is 4.79 Å². The zero-order valence-corrected chi connectivity index (χ0v) is 8.38. The van der Waals surface area contributed by atoms with Crippen molar-refractivity contribution in [3.05, 3.63) is 47.1 Å². The number of H-pyrrole nitrogens is 1. The van der Waals surface area contributed by atoms with Gasteiger partial charge in [-0.15, -0.1) is 0 Å². The second kappa shape index (κ2) is 4.36. The first-order chi connectivity index (χ1) is 7.81. The summed E-state index contributed by atoms with van der Waals surface area (Å²) in [5.74, 6) is 0.562. The average Bonchev–Trinajstić information content (AvgIpc) is 2.73. The highest BCUT2D eigenvalue weighted by atomic mass is 16.5. The van der Waals surface area contributed by atoms with Gasteiger partial charge in [0, 0.05) is 18.5 Å². The van der Waals surface area contributed by atoms with Crippen LogP contribution in [0.3, 0.4) is 0 Å². The van der Waals surface area contributed by atoms with Crippen LogP contribution < -0.4 is 10.4 Å². The van der Waals surface area contributed by atoms with Gasteiger partial charge in [0.2, 0.25) is 0 Å². The molecule has 0 unspecified atom stereocenters. The number of benzene rings is 1. The number of nitrogens with one attached hydrogen (secondary N) is 1. The summed E-state index contributed by atoms with van der Waals surface area (Å²) in [6.45, 7) is -0.00844. The van der Waals surface area contributed by atoms with Crippen molar-refractivity contribution in [1.82, 2.24) is 9.55 Å². The molecule has 1 N–H and O–H groups in total. The molecule has 1 aromatic carbocycles. The molecule has 0 saturated carbocycles. The lowest BCUT2D eigenvalue weighted by atomic mass is 10.3. The molecule has 0 radical (unpaired) electrons. The molecule has 5 heteroatoms. The second-order valence-electron chi connectivity index (χ2n) is 3.08. The molecule has 5 nitrogen and oxygen atoms in total. The summed E-state index contributed by atoms with van der Waals surface area (Å²) in [6, 6.07) is 8.87. The Kier molecular flexibility index (Phi) is 2.74. The standard InChI is InChI=1S/C11H9N3O2/c12-4-7-16-10-3-1-2-9(8-10)14-6-5-13-11(14)15/h1-3,5-6,8H,7H2,(H,13,15). The van der Waals surface area contributed by atoms with E-state index < -0.39 is 0 Å². The zero-order chi connectivity index (χ0) is 11.4. The molecule has 1 heterocycles. The first-order valence-corrected chi connectivity index (χ1v) is 4.67. The van der Waals surface area contributed by atoms with Gasteiger partial charge in [0.05, 0.1) is 5.69 Å². The summed E-state index contributed by atoms with van der Waals surface area (Å²) in [6.07, 6.45) is 3.19. The molecule has 2 aromatic rings. The van der Waals surface area contributed by atoms with E-state index in [1.165, 1.54) is 4.57 Å². The van der Waals surface area contributed by atoms with Gasteiger partial charge in [0.25, 0.3) is 0 Å². The Hall–Kier alpha value is -2.48. The monoisotopic (exact) mass is 215 g/mol.